The summed E-state index contributed by atoms with van der Waals surface area (Å²) in [4.78, 5) is 0. The molecule has 80 valence electrons. The Balaban J connectivity index is 5.02. The molecule has 0 N–H and O–H groups in total. The van der Waals surface area contributed by atoms with Gasteiger partial charge in [-0.2, -0.15) is 0 Å². The van der Waals surface area contributed by atoms with Gasteiger partial charge in [-0.1, -0.05) is 58.9 Å². The fourth-order valence-corrected chi connectivity index (χ4v) is 91.1. The van der Waals surface area contributed by atoms with Crippen molar-refractivity contribution in [2.45, 2.75) is 58.9 Å². The molecule has 0 aromatic rings. The molecule has 0 aromatic heterocycles. The van der Waals surface area contributed by atoms with Gasteiger partial charge in [0.25, 0.3) is 0 Å². The zero-order chi connectivity index (χ0) is 11.1. The van der Waals surface area contributed by atoms with E-state index in [1.165, 1.54) is 0 Å². The molecule has 0 spiro atoms. The Kier molecular flexibility index (Phi) is 4.04. The quantitative estimate of drug-likeness (QED) is 0.667. The average molecular weight is 248 g/mol. The van der Waals surface area contributed by atoms with Gasteiger partial charge in [-0.3, -0.25) is 7.35 Å². The SMILES string of the molecule is C[Si](C)(C)[Si-]([Si](C)(C)C)[Si](C)(C)C. The van der Waals surface area contributed by atoms with Gasteiger partial charge in [-0.15, -0.1) is 22.8 Å². The lowest BCUT2D eigenvalue weighted by Gasteiger charge is -2.59. The molecule has 13 heavy (non-hydrogen) atoms. The van der Waals surface area contributed by atoms with Gasteiger partial charge in [0.05, 0.1) is 0 Å². The van der Waals surface area contributed by atoms with E-state index in [4.69, 9.17) is 0 Å². The molecular weight excluding hydrogens is 220 g/mol. The van der Waals surface area contributed by atoms with Gasteiger partial charge in [-0.05, 0) is 0 Å². The molecule has 0 aromatic carbocycles. The van der Waals surface area contributed by atoms with Gasteiger partial charge in [0.1, 0.15) is 0 Å². The molecule has 0 nitrogen and oxygen atoms in total. The number of rotatable bonds is 3. The molecule has 0 heterocycles. The van der Waals surface area contributed by atoms with Crippen LogP contribution in [0.15, 0.2) is 0 Å². The lowest BCUT2D eigenvalue weighted by molar-refractivity contribution is 1.77. The van der Waals surface area contributed by atoms with Gasteiger partial charge in [0.2, 0.25) is 0 Å². The van der Waals surface area contributed by atoms with Crippen molar-refractivity contribution < 1.29 is 0 Å². The van der Waals surface area contributed by atoms with Crippen LogP contribution in [0.2, 0.25) is 58.9 Å². The van der Waals surface area contributed by atoms with Crippen molar-refractivity contribution in [3.05, 3.63) is 0 Å². The second-order valence-electron chi connectivity index (χ2n) is 7.12. The summed E-state index contributed by atoms with van der Waals surface area (Å²) in [7, 11) is -2.47. The van der Waals surface area contributed by atoms with Crippen LogP contribution in [0, 0.1) is 0 Å². The summed E-state index contributed by atoms with van der Waals surface area (Å²) in [5.74, 6) is 0. The van der Waals surface area contributed by atoms with Gasteiger partial charge in [0, 0.05) is 0 Å². The van der Waals surface area contributed by atoms with Crippen LogP contribution in [-0.2, 0) is 0 Å². The second kappa shape index (κ2) is 3.79. The highest BCUT2D eigenvalue weighted by Gasteiger charge is 2.32. The van der Waals surface area contributed by atoms with Crippen LogP contribution < -0.4 is 0 Å². The van der Waals surface area contributed by atoms with E-state index in [9.17, 15) is 0 Å². The summed E-state index contributed by atoms with van der Waals surface area (Å²) in [6, 6.07) is 0. The number of hydrogen-bond donors (Lipinski definition) is 0. The molecule has 0 aliphatic carbocycles. The fourth-order valence-electron chi connectivity index (χ4n) is 3.38. The highest BCUT2D eigenvalue weighted by molar-refractivity contribution is 7.81. The Bertz CT molecular complexity index is 134. The number of hydrogen-bond acceptors (Lipinski definition) is 0. The molecule has 0 amide bonds. The maximum atomic E-state index is 2.61. The van der Waals surface area contributed by atoms with Crippen LogP contribution in [0.1, 0.15) is 0 Å². The molecule has 0 rings (SSSR count). The molecule has 0 aliphatic rings. The molecule has 0 saturated heterocycles. The van der Waals surface area contributed by atoms with Crippen molar-refractivity contribution in [1.82, 2.24) is 0 Å². The zero-order valence-corrected chi connectivity index (χ0v) is 15.0. The van der Waals surface area contributed by atoms with Gasteiger partial charge in [-0.25, -0.2) is 0 Å². The van der Waals surface area contributed by atoms with E-state index in [-0.39, 0.29) is 7.35 Å². The third-order valence-electron chi connectivity index (χ3n) is 2.25. The zero-order valence-electron chi connectivity index (χ0n) is 11.0. The molecular formula is C9H27Si4-. The van der Waals surface area contributed by atoms with Gasteiger partial charge < -0.3 is 0 Å². The third-order valence-corrected chi connectivity index (χ3v) is 60.8. The predicted molar refractivity (Wildman–Crippen MR) is 75.8 cm³/mol. The summed E-state index contributed by atoms with van der Waals surface area (Å²) in [6.45, 7) is 23.5. The molecule has 0 atom stereocenters. The van der Waals surface area contributed by atoms with Crippen LogP contribution in [0.5, 0.6) is 0 Å². The minimum Gasteiger partial charge on any atom is -0.252 e. The van der Waals surface area contributed by atoms with E-state index in [0.29, 0.717) is 0 Å². The van der Waals surface area contributed by atoms with E-state index >= 15 is 0 Å². The van der Waals surface area contributed by atoms with Crippen LogP contribution in [0.3, 0.4) is 0 Å². The highest BCUT2D eigenvalue weighted by atomic mass is 29.9. The maximum Gasteiger partial charge on any atom is -0.0979 e. The van der Waals surface area contributed by atoms with Crippen LogP contribution >= 0.6 is 0 Å². The maximum absolute atomic E-state index is 2.61. The van der Waals surface area contributed by atoms with E-state index in [2.05, 4.69) is 58.9 Å². The summed E-state index contributed by atoms with van der Waals surface area (Å²) in [5.41, 5.74) is 0. The monoisotopic (exact) mass is 247 g/mol. The minimum atomic E-state index is -0.832. The Labute approximate surface area is 89.1 Å². The molecule has 0 fully saturated rings. The smallest absolute Gasteiger partial charge is 0.0979 e. The van der Waals surface area contributed by atoms with Crippen molar-refractivity contribution in [3.63, 3.8) is 0 Å². The molecule has 0 aliphatic heterocycles. The first-order valence-electron chi connectivity index (χ1n) is 5.25. The Morgan fingerprint density at radius 3 is 0.615 bits per heavy atom. The Morgan fingerprint density at radius 2 is 0.615 bits per heavy atom. The molecule has 0 saturated carbocycles. The van der Waals surface area contributed by atoms with Crippen molar-refractivity contribution in [2.24, 2.45) is 0 Å². The first-order valence-corrected chi connectivity index (χ1v) is 20.2. The summed E-state index contributed by atoms with van der Waals surface area (Å²) in [6.07, 6.45) is 0. The van der Waals surface area contributed by atoms with Gasteiger partial charge in [0.15, 0.2) is 0 Å². The summed E-state index contributed by atoms with van der Waals surface area (Å²) >= 11 is 0. The molecule has 0 unspecified atom stereocenters. The van der Waals surface area contributed by atoms with Crippen molar-refractivity contribution >= 4 is 30.1 Å². The lowest BCUT2D eigenvalue weighted by Crippen LogP contribution is -2.70. The molecule has 4 heteroatoms. The minimum absolute atomic E-state index is 0.0255. The van der Waals surface area contributed by atoms with Crippen molar-refractivity contribution in [2.75, 3.05) is 0 Å². The predicted octanol–water partition coefficient (Wildman–Crippen LogP) is 3.73. The fraction of sp³-hybridized carbons (Fsp3) is 1.00. The Hall–Kier alpha value is 0.868. The topological polar surface area (TPSA) is 0 Å². The summed E-state index contributed by atoms with van der Waals surface area (Å²) in [5, 5.41) is 0. The standard InChI is InChI=1S/C9H27Si4/c1-11(2,3)10(12(4,5)6)13(7,8)9/h1-9H3/q-1. The molecule has 0 bridgehead atoms. The molecule has 0 radical (unpaired) electrons. The van der Waals surface area contributed by atoms with E-state index < -0.39 is 22.8 Å². The summed E-state index contributed by atoms with van der Waals surface area (Å²) < 4.78 is 0. The second-order valence-corrected chi connectivity index (χ2v) is 43.9. The largest absolute Gasteiger partial charge is 0.252 e. The lowest BCUT2D eigenvalue weighted by atomic mass is 11.8. The first-order chi connectivity index (χ1) is 5.37. The van der Waals surface area contributed by atoms with E-state index in [0.717, 1.165) is 0 Å². The van der Waals surface area contributed by atoms with Crippen LogP contribution in [0.25, 0.3) is 0 Å². The van der Waals surface area contributed by atoms with Crippen molar-refractivity contribution in [3.8, 4) is 0 Å². The van der Waals surface area contributed by atoms with Crippen LogP contribution in [0.4, 0.5) is 0 Å². The highest BCUT2D eigenvalue weighted by Crippen LogP contribution is 2.25. The van der Waals surface area contributed by atoms with E-state index in [1.54, 1.807) is 0 Å². The van der Waals surface area contributed by atoms with Crippen LogP contribution in [-0.4, -0.2) is 30.1 Å². The third kappa shape index (κ3) is 4.27. The van der Waals surface area contributed by atoms with E-state index in [1.807, 2.05) is 0 Å². The Morgan fingerprint density at radius 1 is 0.462 bits per heavy atom. The first kappa shape index (κ1) is 13.9. The average Bonchev–Trinajstić information content (AvgIpc) is 1.44. The van der Waals surface area contributed by atoms with Crippen molar-refractivity contribution in [1.29, 1.82) is 0 Å². The van der Waals surface area contributed by atoms with Gasteiger partial charge >= 0.3 is 0 Å². The normalized spacial score (nSPS) is 15.2.